The third-order valence-corrected chi connectivity index (χ3v) is 7.70. The molecule has 2 aromatic carbocycles. The molecule has 0 bridgehead atoms. The van der Waals surface area contributed by atoms with Crippen LogP contribution in [0.4, 0.5) is 11.4 Å². The second-order valence-electron chi connectivity index (χ2n) is 7.43. The second-order valence-corrected chi connectivity index (χ2v) is 10.2. The highest BCUT2D eigenvalue weighted by Crippen LogP contribution is 2.42. The lowest BCUT2D eigenvalue weighted by Crippen LogP contribution is -2.35. The van der Waals surface area contributed by atoms with Gasteiger partial charge in [-0.1, -0.05) is 28.1 Å². The van der Waals surface area contributed by atoms with Crippen LogP contribution >= 0.6 is 15.9 Å². The minimum Gasteiger partial charge on any atom is -0.310 e. The summed E-state index contributed by atoms with van der Waals surface area (Å²) in [5.41, 5.74) is 3.10. The van der Waals surface area contributed by atoms with E-state index in [0.29, 0.717) is 35.4 Å². The van der Waals surface area contributed by atoms with Gasteiger partial charge in [0.15, 0.2) is 0 Å². The Morgan fingerprint density at radius 2 is 2.00 bits per heavy atom. The van der Waals surface area contributed by atoms with Gasteiger partial charge in [-0.2, -0.15) is 0 Å². The van der Waals surface area contributed by atoms with Gasteiger partial charge in [0.2, 0.25) is 5.91 Å². The van der Waals surface area contributed by atoms with Crippen LogP contribution in [-0.4, -0.2) is 27.4 Å². The van der Waals surface area contributed by atoms with Gasteiger partial charge in [0, 0.05) is 23.5 Å². The minimum atomic E-state index is -3.83. The predicted octanol–water partition coefficient (Wildman–Crippen LogP) is 4.27. The lowest BCUT2D eigenvalue weighted by atomic mass is 10.2. The first-order chi connectivity index (χ1) is 13.3. The van der Waals surface area contributed by atoms with Gasteiger partial charge >= 0.3 is 0 Å². The zero-order valence-corrected chi connectivity index (χ0v) is 18.4. The average molecular weight is 463 g/mol. The molecule has 0 N–H and O–H groups in total. The SMILES string of the molecule is CCN(c1cccc(C)c1)S(=O)(=O)c1cc(Br)cc2c1N(C(=O)C1CC1)CC2. The summed E-state index contributed by atoms with van der Waals surface area (Å²) < 4.78 is 29.5. The van der Waals surface area contributed by atoms with E-state index in [9.17, 15) is 13.2 Å². The zero-order valence-electron chi connectivity index (χ0n) is 16.0. The summed E-state index contributed by atoms with van der Waals surface area (Å²) in [5.74, 6) is 0.0975. The Kier molecular flexibility index (Phi) is 5.00. The summed E-state index contributed by atoms with van der Waals surface area (Å²) in [6, 6.07) is 11.0. The van der Waals surface area contributed by atoms with Crippen molar-refractivity contribution in [3.63, 3.8) is 0 Å². The Morgan fingerprint density at radius 3 is 2.64 bits per heavy atom. The molecule has 0 saturated heterocycles. The third kappa shape index (κ3) is 3.35. The number of hydrogen-bond acceptors (Lipinski definition) is 3. The molecular formula is C21H23BrN2O3S. The normalized spacial score (nSPS) is 16.2. The fourth-order valence-electron chi connectivity index (χ4n) is 3.83. The van der Waals surface area contributed by atoms with E-state index < -0.39 is 10.0 Å². The standard InChI is InChI=1S/C21H23BrN2O3S/c1-3-24(18-6-4-5-14(2)11-18)28(26,27)19-13-17(22)12-16-9-10-23(20(16)19)21(25)15-7-8-15/h4-6,11-13,15H,3,7-10H2,1-2H3. The molecule has 0 atom stereocenters. The molecule has 7 heteroatoms. The van der Waals surface area contributed by atoms with Gasteiger partial charge in [-0.15, -0.1) is 0 Å². The van der Waals surface area contributed by atoms with Crippen LogP contribution in [0.2, 0.25) is 0 Å². The van der Waals surface area contributed by atoms with Gasteiger partial charge in [0.25, 0.3) is 10.0 Å². The second kappa shape index (κ2) is 7.19. The van der Waals surface area contributed by atoms with Crippen molar-refractivity contribution in [2.24, 2.45) is 5.92 Å². The van der Waals surface area contributed by atoms with Crippen molar-refractivity contribution in [2.75, 3.05) is 22.3 Å². The van der Waals surface area contributed by atoms with Gasteiger partial charge in [-0.3, -0.25) is 9.10 Å². The lowest BCUT2D eigenvalue weighted by molar-refractivity contribution is -0.119. The van der Waals surface area contributed by atoms with Gasteiger partial charge in [-0.25, -0.2) is 8.42 Å². The fourth-order valence-corrected chi connectivity index (χ4v) is 6.22. The number of amides is 1. The summed E-state index contributed by atoms with van der Waals surface area (Å²) >= 11 is 3.46. The van der Waals surface area contributed by atoms with E-state index in [-0.39, 0.29) is 16.7 Å². The van der Waals surface area contributed by atoms with Crippen LogP contribution in [-0.2, 0) is 21.2 Å². The van der Waals surface area contributed by atoms with Crippen molar-refractivity contribution in [1.82, 2.24) is 0 Å². The Morgan fingerprint density at radius 1 is 1.25 bits per heavy atom. The number of aryl methyl sites for hydroxylation is 1. The smallest absolute Gasteiger partial charge is 0.266 e. The molecule has 2 aromatic rings. The number of fused-ring (bicyclic) bond motifs is 1. The largest absolute Gasteiger partial charge is 0.310 e. The Hall–Kier alpha value is -1.86. The first-order valence-corrected chi connectivity index (χ1v) is 11.8. The molecule has 148 valence electrons. The number of rotatable bonds is 5. The molecular weight excluding hydrogens is 440 g/mol. The van der Waals surface area contributed by atoms with Crippen molar-refractivity contribution in [1.29, 1.82) is 0 Å². The third-order valence-electron chi connectivity index (χ3n) is 5.33. The van der Waals surface area contributed by atoms with Crippen molar-refractivity contribution in [2.45, 2.75) is 38.0 Å². The van der Waals surface area contributed by atoms with Crippen molar-refractivity contribution < 1.29 is 13.2 Å². The molecule has 0 radical (unpaired) electrons. The molecule has 0 aromatic heterocycles. The number of benzene rings is 2. The lowest BCUT2D eigenvalue weighted by Gasteiger charge is -2.27. The van der Waals surface area contributed by atoms with Gasteiger partial charge < -0.3 is 4.90 Å². The van der Waals surface area contributed by atoms with Crippen molar-refractivity contribution in [3.8, 4) is 0 Å². The summed E-state index contributed by atoms with van der Waals surface area (Å²) in [7, 11) is -3.83. The summed E-state index contributed by atoms with van der Waals surface area (Å²) in [5, 5.41) is 0. The molecule has 0 spiro atoms. The molecule has 0 unspecified atom stereocenters. The minimum absolute atomic E-state index is 0.0456. The van der Waals surface area contributed by atoms with Crippen molar-refractivity contribution in [3.05, 3.63) is 52.0 Å². The van der Waals surface area contributed by atoms with E-state index in [0.717, 1.165) is 24.0 Å². The Balaban J connectivity index is 1.85. The quantitative estimate of drug-likeness (QED) is 0.666. The Bertz CT molecular complexity index is 1050. The van der Waals surface area contributed by atoms with Crippen molar-refractivity contribution >= 4 is 43.2 Å². The summed E-state index contributed by atoms with van der Waals surface area (Å²) in [6.45, 7) is 4.62. The van der Waals surface area contributed by atoms with Crippen LogP contribution in [0.25, 0.3) is 0 Å². The molecule has 28 heavy (non-hydrogen) atoms. The number of nitrogens with zero attached hydrogens (tertiary/aromatic N) is 2. The molecule has 1 aliphatic heterocycles. The van der Waals surface area contributed by atoms with Crippen LogP contribution in [0, 0.1) is 12.8 Å². The van der Waals surface area contributed by atoms with E-state index in [1.807, 2.05) is 38.1 Å². The predicted molar refractivity (Wildman–Crippen MR) is 114 cm³/mol. The van der Waals surface area contributed by atoms with Crippen LogP contribution in [0.5, 0.6) is 0 Å². The van der Waals surface area contributed by atoms with Crippen LogP contribution in [0.1, 0.15) is 30.9 Å². The maximum atomic E-state index is 13.7. The molecule has 5 nitrogen and oxygen atoms in total. The molecule has 1 saturated carbocycles. The van der Waals surface area contributed by atoms with Crippen LogP contribution in [0.15, 0.2) is 45.8 Å². The summed E-state index contributed by atoms with van der Waals surface area (Å²) in [4.78, 5) is 14.7. The van der Waals surface area contributed by atoms with E-state index in [4.69, 9.17) is 0 Å². The highest BCUT2D eigenvalue weighted by atomic mass is 79.9. The maximum Gasteiger partial charge on any atom is 0.266 e. The number of anilines is 2. The van der Waals surface area contributed by atoms with E-state index in [1.54, 1.807) is 17.0 Å². The maximum absolute atomic E-state index is 13.7. The topological polar surface area (TPSA) is 57.7 Å². The zero-order chi connectivity index (χ0) is 20.1. The van der Waals surface area contributed by atoms with Gasteiger partial charge in [0.1, 0.15) is 4.90 Å². The Labute approximate surface area is 174 Å². The van der Waals surface area contributed by atoms with E-state index in [1.165, 1.54) is 4.31 Å². The molecule has 1 heterocycles. The van der Waals surface area contributed by atoms with E-state index >= 15 is 0 Å². The first kappa shape index (κ1) is 19.5. The highest BCUT2D eigenvalue weighted by Gasteiger charge is 2.40. The molecule has 1 amide bonds. The van der Waals surface area contributed by atoms with E-state index in [2.05, 4.69) is 15.9 Å². The average Bonchev–Trinajstić information content (AvgIpc) is 3.41. The molecule has 1 aliphatic carbocycles. The highest BCUT2D eigenvalue weighted by molar-refractivity contribution is 9.10. The number of hydrogen-bond donors (Lipinski definition) is 0. The van der Waals surface area contributed by atoms with Crippen LogP contribution < -0.4 is 9.21 Å². The number of sulfonamides is 1. The number of carbonyl (C=O) groups is 1. The summed E-state index contributed by atoms with van der Waals surface area (Å²) in [6.07, 6.45) is 2.47. The number of halogens is 1. The fraction of sp³-hybridized carbons (Fsp3) is 0.381. The molecule has 2 aliphatic rings. The van der Waals surface area contributed by atoms with Crippen LogP contribution in [0.3, 0.4) is 0 Å². The first-order valence-electron chi connectivity index (χ1n) is 9.56. The molecule has 1 fully saturated rings. The number of carbonyl (C=O) groups excluding carboxylic acids is 1. The molecule has 4 rings (SSSR count). The van der Waals surface area contributed by atoms with Gasteiger partial charge in [0.05, 0.1) is 11.4 Å². The monoisotopic (exact) mass is 462 g/mol. The van der Waals surface area contributed by atoms with Gasteiger partial charge in [-0.05, 0) is 68.5 Å².